The number of carbonyl (C=O) groups is 1. The minimum absolute atomic E-state index is 0.0188. The van der Waals surface area contributed by atoms with E-state index in [0.717, 1.165) is 18.4 Å². The summed E-state index contributed by atoms with van der Waals surface area (Å²) < 4.78 is 20.4. The SMILES string of the molecule is CCC(Oc1ccc(C(C)(C)CC)cc1C(C)(C)CC)C(=O)Nc1cc(Cl)c(C)c(F)c1O. The highest BCUT2D eigenvalue weighted by molar-refractivity contribution is 6.31. The Bertz CT molecular complexity index is 1020. The molecule has 2 aromatic rings. The number of carbonyl (C=O) groups excluding carboxylic acids is 1. The zero-order valence-electron chi connectivity index (χ0n) is 21.0. The Morgan fingerprint density at radius 1 is 1.12 bits per heavy atom. The highest BCUT2D eigenvalue weighted by Gasteiger charge is 2.29. The number of benzene rings is 2. The van der Waals surface area contributed by atoms with E-state index in [2.05, 4.69) is 59.0 Å². The summed E-state index contributed by atoms with van der Waals surface area (Å²) >= 11 is 6.03. The van der Waals surface area contributed by atoms with E-state index in [1.807, 2.05) is 13.0 Å². The van der Waals surface area contributed by atoms with E-state index in [9.17, 15) is 14.3 Å². The zero-order valence-corrected chi connectivity index (χ0v) is 21.8. The second-order valence-corrected chi connectivity index (χ2v) is 10.3. The van der Waals surface area contributed by atoms with Gasteiger partial charge in [-0.25, -0.2) is 4.39 Å². The maximum Gasteiger partial charge on any atom is 0.265 e. The van der Waals surface area contributed by atoms with Crippen LogP contribution in [-0.4, -0.2) is 17.1 Å². The number of ether oxygens (including phenoxy) is 1. The fourth-order valence-electron chi connectivity index (χ4n) is 3.47. The Labute approximate surface area is 202 Å². The van der Waals surface area contributed by atoms with E-state index >= 15 is 0 Å². The molecule has 0 saturated heterocycles. The molecule has 0 fully saturated rings. The monoisotopic (exact) mass is 477 g/mol. The first kappa shape index (κ1) is 27.0. The zero-order chi connectivity index (χ0) is 25.1. The Kier molecular flexibility index (Phi) is 8.45. The number of nitrogens with one attached hydrogen (secondary N) is 1. The number of aromatic hydroxyl groups is 1. The van der Waals surface area contributed by atoms with Crippen LogP contribution in [0.4, 0.5) is 10.1 Å². The average molecular weight is 478 g/mol. The maximum absolute atomic E-state index is 14.2. The molecule has 2 aromatic carbocycles. The average Bonchev–Trinajstić information content (AvgIpc) is 2.79. The molecule has 0 saturated carbocycles. The lowest BCUT2D eigenvalue weighted by atomic mass is 9.76. The standard InChI is InChI=1S/C27H37ClFNO3/c1-9-21(25(32)30-20-15-19(28)16(4)23(29)24(20)31)33-22-13-12-17(26(5,6)10-2)14-18(22)27(7,8)11-3/h12-15,21,31H,9-11H2,1-8H3,(H,30,32). The molecule has 0 heterocycles. The Hall–Kier alpha value is -2.27. The quantitative estimate of drug-likeness (QED) is 0.364. The van der Waals surface area contributed by atoms with E-state index in [0.29, 0.717) is 12.2 Å². The van der Waals surface area contributed by atoms with Gasteiger partial charge in [-0.3, -0.25) is 4.79 Å². The van der Waals surface area contributed by atoms with Gasteiger partial charge < -0.3 is 15.2 Å². The third-order valence-electron chi connectivity index (χ3n) is 6.87. The number of hydrogen-bond donors (Lipinski definition) is 2. The number of halogens is 2. The molecule has 0 aliphatic carbocycles. The van der Waals surface area contributed by atoms with Crippen LogP contribution >= 0.6 is 11.6 Å². The molecule has 0 aliphatic heterocycles. The normalized spacial score (nSPS) is 13.0. The molecular weight excluding hydrogens is 441 g/mol. The molecule has 182 valence electrons. The second kappa shape index (κ2) is 10.3. The Balaban J connectivity index is 2.40. The molecular formula is C27H37ClFNO3. The van der Waals surface area contributed by atoms with Crippen LogP contribution in [0.3, 0.4) is 0 Å². The lowest BCUT2D eigenvalue weighted by molar-refractivity contribution is -0.122. The van der Waals surface area contributed by atoms with Crippen LogP contribution in [-0.2, 0) is 15.6 Å². The summed E-state index contributed by atoms with van der Waals surface area (Å²) in [4.78, 5) is 13.0. The van der Waals surface area contributed by atoms with Crippen LogP contribution in [0.5, 0.6) is 11.5 Å². The Morgan fingerprint density at radius 3 is 2.27 bits per heavy atom. The number of rotatable bonds is 9. The molecule has 1 amide bonds. The third kappa shape index (κ3) is 5.81. The van der Waals surface area contributed by atoms with Crippen molar-refractivity contribution in [1.82, 2.24) is 0 Å². The van der Waals surface area contributed by atoms with Crippen molar-refractivity contribution < 1.29 is 19.0 Å². The predicted molar refractivity (Wildman–Crippen MR) is 134 cm³/mol. The summed E-state index contributed by atoms with van der Waals surface area (Å²) in [6.07, 6.45) is 1.46. The van der Waals surface area contributed by atoms with Crippen molar-refractivity contribution in [3.05, 3.63) is 51.8 Å². The fraction of sp³-hybridized carbons (Fsp3) is 0.519. The van der Waals surface area contributed by atoms with Gasteiger partial charge in [0.05, 0.1) is 5.69 Å². The third-order valence-corrected chi connectivity index (χ3v) is 7.26. The van der Waals surface area contributed by atoms with Crippen molar-refractivity contribution >= 4 is 23.2 Å². The van der Waals surface area contributed by atoms with Crippen molar-refractivity contribution in [2.45, 2.75) is 91.6 Å². The molecule has 2 N–H and O–H groups in total. The van der Waals surface area contributed by atoms with Gasteiger partial charge in [0.1, 0.15) is 5.75 Å². The molecule has 4 nitrogen and oxygen atoms in total. The lowest BCUT2D eigenvalue weighted by Crippen LogP contribution is -2.33. The van der Waals surface area contributed by atoms with Crippen molar-refractivity contribution in [1.29, 1.82) is 0 Å². The van der Waals surface area contributed by atoms with Gasteiger partial charge in [-0.2, -0.15) is 0 Å². The minimum Gasteiger partial charge on any atom is -0.503 e. The molecule has 6 heteroatoms. The van der Waals surface area contributed by atoms with Gasteiger partial charge in [0, 0.05) is 16.1 Å². The molecule has 0 spiro atoms. The van der Waals surface area contributed by atoms with Crippen molar-refractivity contribution in [3.63, 3.8) is 0 Å². The number of phenolic OH excluding ortho intramolecular Hbond substituents is 1. The summed E-state index contributed by atoms with van der Waals surface area (Å²) in [5.41, 5.74) is 2.17. The van der Waals surface area contributed by atoms with E-state index in [1.54, 1.807) is 0 Å². The van der Waals surface area contributed by atoms with Gasteiger partial charge in [0.2, 0.25) is 0 Å². The van der Waals surface area contributed by atoms with Gasteiger partial charge in [0.15, 0.2) is 17.7 Å². The van der Waals surface area contributed by atoms with E-state index in [1.165, 1.54) is 18.6 Å². The molecule has 33 heavy (non-hydrogen) atoms. The van der Waals surface area contributed by atoms with Gasteiger partial charge in [-0.1, -0.05) is 72.2 Å². The predicted octanol–water partition coefficient (Wildman–Crippen LogP) is 7.66. The topological polar surface area (TPSA) is 58.6 Å². The fourth-order valence-corrected chi connectivity index (χ4v) is 3.66. The van der Waals surface area contributed by atoms with Crippen LogP contribution in [0.15, 0.2) is 24.3 Å². The van der Waals surface area contributed by atoms with E-state index < -0.39 is 23.6 Å². The largest absolute Gasteiger partial charge is 0.503 e. The van der Waals surface area contributed by atoms with Crippen LogP contribution in [0.1, 0.15) is 84.4 Å². The molecule has 1 atom stereocenters. The van der Waals surface area contributed by atoms with Gasteiger partial charge in [-0.05, 0) is 54.7 Å². The van der Waals surface area contributed by atoms with Crippen LogP contribution < -0.4 is 10.1 Å². The number of anilines is 1. The summed E-state index contributed by atoms with van der Waals surface area (Å²) in [7, 11) is 0. The Morgan fingerprint density at radius 2 is 1.73 bits per heavy atom. The molecule has 0 aliphatic rings. The summed E-state index contributed by atoms with van der Waals surface area (Å²) in [5.74, 6) is -1.32. The molecule has 0 aromatic heterocycles. The number of phenols is 1. The lowest BCUT2D eigenvalue weighted by Gasteiger charge is -2.31. The summed E-state index contributed by atoms with van der Waals surface area (Å²) in [5, 5.41) is 12.8. The van der Waals surface area contributed by atoms with E-state index in [-0.39, 0.29) is 27.1 Å². The number of hydrogen-bond acceptors (Lipinski definition) is 3. The minimum atomic E-state index is -0.854. The molecule has 0 radical (unpaired) electrons. The second-order valence-electron chi connectivity index (χ2n) is 9.88. The van der Waals surface area contributed by atoms with Crippen LogP contribution in [0, 0.1) is 12.7 Å². The first-order valence-corrected chi connectivity index (χ1v) is 12.0. The molecule has 2 rings (SSSR count). The summed E-state index contributed by atoms with van der Waals surface area (Å²) in [6, 6.07) is 7.52. The van der Waals surface area contributed by atoms with Crippen molar-refractivity contribution in [3.8, 4) is 11.5 Å². The molecule has 1 unspecified atom stereocenters. The summed E-state index contributed by atoms with van der Waals surface area (Å²) in [6.45, 7) is 16.3. The maximum atomic E-state index is 14.2. The first-order chi connectivity index (χ1) is 15.3. The smallest absolute Gasteiger partial charge is 0.265 e. The van der Waals surface area contributed by atoms with Crippen molar-refractivity contribution in [2.75, 3.05) is 5.32 Å². The van der Waals surface area contributed by atoms with Gasteiger partial charge >= 0.3 is 0 Å². The molecule has 0 bridgehead atoms. The highest BCUT2D eigenvalue weighted by atomic mass is 35.5. The highest BCUT2D eigenvalue weighted by Crippen LogP contribution is 2.39. The van der Waals surface area contributed by atoms with Crippen LogP contribution in [0.2, 0.25) is 5.02 Å². The first-order valence-electron chi connectivity index (χ1n) is 11.6. The van der Waals surface area contributed by atoms with Gasteiger partial charge in [-0.15, -0.1) is 0 Å². The number of amides is 1. The van der Waals surface area contributed by atoms with Gasteiger partial charge in [0.25, 0.3) is 5.91 Å². The van der Waals surface area contributed by atoms with Crippen LogP contribution in [0.25, 0.3) is 0 Å². The van der Waals surface area contributed by atoms with E-state index in [4.69, 9.17) is 16.3 Å². The van der Waals surface area contributed by atoms with Crippen molar-refractivity contribution in [2.24, 2.45) is 0 Å².